The molecule has 0 heterocycles. The molecule has 0 fully saturated rings. The van der Waals surface area contributed by atoms with Gasteiger partial charge in [0.25, 0.3) is 15.9 Å². The average Bonchev–Trinajstić information content (AvgIpc) is 2.38. The first-order chi connectivity index (χ1) is 9.38. The van der Waals surface area contributed by atoms with Crippen LogP contribution in [0.1, 0.15) is 15.9 Å². The highest BCUT2D eigenvalue weighted by Crippen LogP contribution is 2.11. The third-order valence-electron chi connectivity index (χ3n) is 2.65. The maximum atomic E-state index is 13.0. The van der Waals surface area contributed by atoms with Gasteiger partial charge < -0.3 is 0 Å². The molecule has 4 nitrogen and oxygen atoms in total. The minimum Gasteiger partial charge on any atom is -0.268 e. The van der Waals surface area contributed by atoms with Crippen LogP contribution in [0.3, 0.4) is 0 Å². The quantitative estimate of drug-likeness (QED) is 0.944. The first-order valence-electron chi connectivity index (χ1n) is 5.78. The van der Waals surface area contributed by atoms with Gasteiger partial charge in [-0.2, -0.15) is 0 Å². The lowest BCUT2D eigenvalue weighted by atomic mass is 10.2. The van der Waals surface area contributed by atoms with Crippen LogP contribution in [0.4, 0.5) is 4.39 Å². The van der Waals surface area contributed by atoms with Crippen LogP contribution in [-0.4, -0.2) is 14.3 Å². The summed E-state index contributed by atoms with van der Waals surface area (Å²) in [4.78, 5) is 11.8. The Balaban J connectivity index is 2.24. The number of nitrogens with one attached hydrogen (secondary N) is 1. The smallest absolute Gasteiger partial charge is 0.265 e. The molecule has 20 heavy (non-hydrogen) atoms. The predicted molar refractivity (Wildman–Crippen MR) is 72.2 cm³/mol. The maximum absolute atomic E-state index is 13.0. The van der Waals surface area contributed by atoms with E-state index >= 15 is 0 Å². The van der Waals surface area contributed by atoms with E-state index in [0.717, 1.165) is 11.6 Å². The van der Waals surface area contributed by atoms with Crippen LogP contribution in [0, 0.1) is 12.7 Å². The van der Waals surface area contributed by atoms with Crippen LogP contribution in [0.2, 0.25) is 0 Å². The zero-order chi connectivity index (χ0) is 14.8. The fourth-order valence-electron chi connectivity index (χ4n) is 1.59. The van der Waals surface area contributed by atoms with Crippen LogP contribution >= 0.6 is 0 Å². The third kappa shape index (κ3) is 3.21. The number of rotatable bonds is 3. The van der Waals surface area contributed by atoms with Crippen LogP contribution in [0.15, 0.2) is 53.4 Å². The van der Waals surface area contributed by atoms with Gasteiger partial charge in [0.1, 0.15) is 5.82 Å². The zero-order valence-electron chi connectivity index (χ0n) is 10.6. The lowest BCUT2D eigenvalue weighted by Crippen LogP contribution is -2.30. The second-order valence-corrected chi connectivity index (χ2v) is 5.94. The molecule has 0 spiro atoms. The summed E-state index contributed by atoms with van der Waals surface area (Å²) in [5, 5.41) is 0. The molecule has 0 unspecified atom stereocenters. The number of halogens is 1. The number of aryl methyl sites for hydroxylation is 1. The molecule has 2 aromatic rings. The predicted octanol–water partition coefficient (Wildman–Crippen LogP) is 2.25. The number of carbonyl (C=O) groups is 1. The van der Waals surface area contributed by atoms with E-state index in [1.807, 2.05) is 11.6 Å². The first kappa shape index (κ1) is 14.2. The molecule has 0 aliphatic carbocycles. The average molecular weight is 293 g/mol. The van der Waals surface area contributed by atoms with Gasteiger partial charge in [0, 0.05) is 5.56 Å². The van der Waals surface area contributed by atoms with Gasteiger partial charge in [-0.3, -0.25) is 4.79 Å². The van der Waals surface area contributed by atoms with Crippen molar-refractivity contribution in [3.63, 3.8) is 0 Å². The fraction of sp³-hybridized carbons (Fsp3) is 0.0714. The highest BCUT2D eigenvalue weighted by molar-refractivity contribution is 7.90. The second-order valence-electron chi connectivity index (χ2n) is 4.26. The Morgan fingerprint density at radius 3 is 2.35 bits per heavy atom. The SMILES string of the molecule is Cc1ccc(S(=O)(=O)NC(=O)c2cccc(F)c2)cc1. The van der Waals surface area contributed by atoms with E-state index in [9.17, 15) is 17.6 Å². The standard InChI is InChI=1S/C14H12FNO3S/c1-10-5-7-13(8-6-10)20(18,19)16-14(17)11-3-2-4-12(15)9-11/h2-9H,1H3,(H,16,17). The van der Waals surface area contributed by atoms with E-state index in [0.29, 0.717) is 0 Å². The monoisotopic (exact) mass is 293 g/mol. The van der Waals surface area contributed by atoms with E-state index in [2.05, 4.69) is 0 Å². The van der Waals surface area contributed by atoms with Crippen molar-refractivity contribution in [1.82, 2.24) is 4.72 Å². The summed E-state index contributed by atoms with van der Waals surface area (Å²) >= 11 is 0. The molecule has 2 rings (SSSR count). The number of hydrogen-bond acceptors (Lipinski definition) is 3. The Bertz CT molecular complexity index is 739. The van der Waals surface area contributed by atoms with Crippen LogP contribution < -0.4 is 4.72 Å². The molecule has 0 atom stereocenters. The molecule has 0 saturated heterocycles. The van der Waals surface area contributed by atoms with Crippen molar-refractivity contribution in [2.24, 2.45) is 0 Å². The van der Waals surface area contributed by atoms with E-state index in [4.69, 9.17) is 0 Å². The van der Waals surface area contributed by atoms with Crippen molar-refractivity contribution in [1.29, 1.82) is 0 Å². The number of hydrogen-bond donors (Lipinski definition) is 1. The lowest BCUT2D eigenvalue weighted by Gasteiger charge is -2.07. The molecule has 1 N–H and O–H groups in total. The Hall–Kier alpha value is -2.21. The molecular formula is C14H12FNO3S. The van der Waals surface area contributed by atoms with Gasteiger partial charge >= 0.3 is 0 Å². The van der Waals surface area contributed by atoms with Crippen molar-refractivity contribution < 1.29 is 17.6 Å². The summed E-state index contributed by atoms with van der Waals surface area (Å²) in [5.74, 6) is -1.48. The molecule has 0 bridgehead atoms. The molecule has 1 amide bonds. The highest BCUT2D eigenvalue weighted by Gasteiger charge is 2.18. The minimum atomic E-state index is -3.96. The van der Waals surface area contributed by atoms with E-state index < -0.39 is 21.7 Å². The molecule has 0 aliphatic rings. The minimum absolute atomic E-state index is 0.0205. The zero-order valence-corrected chi connectivity index (χ0v) is 11.4. The summed E-state index contributed by atoms with van der Waals surface area (Å²) in [6.07, 6.45) is 0. The van der Waals surface area contributed by atoms with Gasteiger partial charge in [-0.1, -0.05) is 23.8 Å². The van der Waals surface area contributed by atoms with Gasteiger partial charge in [-0.25, -0.2) is 17.5 Å². The molecule has 6 heteroatoms. The number of carbonyl (C=O) groups excluding carboxylic acids is 1. The van der Waals surface area contributed by atoms with Crippen molar-refractivity contribution in [3.05, 3.63) is 65.5 Å². The van der Waals surface area contributed by atoms with Crippen LogP contribution in [0.5, 0.6) is 0 Å². The van der Waals surface area contributed by atoms with Gasteiger partial charge in [0.15, 0.2) is 0 Å². The lowest BCUT2D eigenvalue weighted by molar-refractivity contribution is 0.0981. The van der Waals surface area contributed by atoms with Crippen LogP contribution in [0.25, 0.3) is 0 Å². The summed E-state index contributed by atoms with van der Waals surface area (Å²) in [6.45, 7) is 1.82. The first-order valence-corrected chi connectivity index (χ1v) is 7.26. The molecular weight excluding hydrogens is 281 g/mol. The van der Waals surface area contributed by atoms with E-state index in [-0.39, 0.29) is 10.5 Å². The second kappa shape index (κ2) is 5.42. The molecule has 0 radical (unpaired) electrons. The summed E-state index contributed by atoms with van der Waals surface area (Å²) in [5.41, 5.74) is 0.848. The van der Waals surface area contributed by atoms with Crippen molar-refractivity contribution >= 4 is 15.9 Å². The van der Waals surface area contributed by atoms with Gasteiger partial charge in [-0.15, -0.1) is 0 Å². The van der Waals surface area contributed by atoms with Crippen molar-refractivity contribution in [3.8, 4) is 0 Å². The topological polar surface area (TPSA) is 63.2 Å². The third-order valence-corrected chi connectivity index (χ3v) is 3.99. The number of benzene rings is 2. The molecule has 0 aliphatic heterocycles. The Morgan fingerprint density at radius 2 is 1.75 bits per heavy atom. The normalized spacial score (nSPS) is 11.1. The molecule has 0 saturated carbocycles. The van der Waals surface area contributed by atoms with Crippen molar-refractivity contribution in [2.45, 2.75) is 11.8 Å². The van der Waals surface area contributed by atoms with Crippen LogP contribution in [-0.2, 0) is 10.0 Å². The van der Waals surface area contributed by atoms with E-state index in [1.54, 1.807) is 12.1 Å². The Morgan fingerprint density at radius 1 is 1.10 bits per heavy atom. The largest absolute Gasteiger partial charge is 0.268 e. The summed E-state index contributed by atoms with van der Waals surface area (Å²) in [7, 11) is -3.96. The number of sulfonamides is 1. The van der Waals surface area contributed by atoms with Gasteiger partial charge in [0.05, 0.1) is 4.90 Å². The Kier molecular flexibility index (Phi) is 3.85. The maximum Gasteiger partial charge on any atom is 0.265 e. The molecule has 0 aromatic heterocycles. The molecule has 104 valence electrons. The van der Waals surface area contributed by atoms with E-state index in [1.165, 1.54) is 30.3 Å². The molecule has 2 aromatic carbocycles. The Labute approximate surface area is 116 Å². The van der Waals surface area contributed by atoms with Crippen molar-refractivity contribution in [2.75, 3.05) is 0 Å². The van der Waals surface area contributed by atoms with Gasteiger partial charge in [0.2, 0.25) is 0 Å². The summed E-state index contributed by atoms with van der Waals surface area (Å²) in [6, 6.07) is 10.9. The number of amides is 1. The summed E-state index contributed by atoms with van der Waals surface area (Å²) < 4.78 is 38.9. The fourth-order valence-corrected chi connectivity index (χ4v) is 2.56. The van der Waals surface area contributed by atoms with Gasteiger partial charge in [-0.05, 0) is 37.3 Å². The highest BCUT2D eigenvalue weighted by atomic mass is 32.2.